The maximum absolute atomic E-state index is 9.56. The zero-order chi connectivity index (χ0) is 14.1. The molecule has 0 spiro atoms. The molecule has 1 rings (SSSR count). The predicted octanol–water partition coefficient (Wildman–Crippen LogP) is 1.49. The van der Waals surface area contributed by atoms with Crippen LogP contribution in [0.25, 0.3) is 0 Å². The Balaban J connectivity index is 2.24. The van der Waals surface area contributed by atoms with E-state index in [1.165, 1.54) is 25.9 Å². The molecule has 4 nitrogen and oxygen atoms in total. The lowest BCUT2D eigenvalue weighted by molar-refractivity contribution is 0.0889. The molecule has 0 aromatic carbocycles. The highest BCUT2D eigenvalue weighted by Crippen LogP contribution is 2.19. The van der Waals surface area contributed by atoms with Crippen LogP contribution >= 0.6 is 0 Å². The molecule has 1 aliphatic heterocycles. The highest BCUT2D eigenvalue weighted by Gasteiger charge is 2.25. The number of aliphatic hydroxyl groups is 1. The predicted molar refractivity (Wildman–Crippen MR) is 79.4 cm³/mol. The molecule has 4 heteroatoms. The van der Waals surface area contributed by atoms with Crippen LogP contribution in [0.2, 0.25) is 0 Å². The second-order valence-corrected chi connectivity index (χ2v) is 6.14. The summed E-state index contributed by atoms with van der Waals surface area (Å²) < 4.78 is 5.23. The number of nitrogens with zero attached hydrogens (tertiary/aromatic N) is 1. The minimum Gasteiger partial charge on any atom is -0.394 e. The largest absolute Gasteiger partial charge is 0.394 e. The third-order valence-electron chi connectivity index (χ3n) is 4.24. The molecular weight excluding hydrogens is 240 g/mol. The van der Waals surface area contributed by atoms with Crippen LogP contribution in [0.1, 0.15) is 39.5 Å². The first-order valence-corrected chi connectivity index (χ1v) is 7.70. The fourth-order valence-electron chi connectivity index (χ4n) is 2.67. The van der Waals surface area contributed by atoms with Crippen molar-refractivity contribution in [2.75, 3.05) is 46.5 Å². The number of nitrogens with one attached hydrogen (secondary N) is 1. The molecule has 1 fully saturated rings. The van der Waals surface area contributed by atoms with E-state index in [0.717, 1.165) is 38.5 Å². The van der Waals surface area contributed by atoms with E-state index in [0.29, 0.717) is 0 Å². The summed E-state index contributed by atoms with van der Waals surface area (Å²) in [5, 5.41) is 13.0. The molecule has 1 saturated heterocycles. The maximum atomic E-state index is 9.56. The topological polar surface area (TPSA) is 44.7 Å². The molecule has 0 aromatic rings. The summed E-state index contributed by atoms with van der Waals surface area (Å²) in [6.45, 7) is 9.80. The lowest BCUT2D eigenvalue weighted by Gasteiger charge is -2.35. The maximum Gasteiger partial charge on any atom is 0.0611 e. The summed E-state index contributed by atoms with van der Waals surface area (Å²) in [6.07, 6.45) is 4.61. The second kappa shape index (κ2) is 8.90. The fourth-order valence-corrected chi connectivity index (χ4v) is 2.67. The molecule has 1 heterocycles. The molecule has 0 bridgehead atoms. The zero-order valence-corrected chi connectivity index (χ0v) is 13.0. The van der Waals surface area contributed by atoms with E-state index < -0.39 is 0 Å². The number of hydrogen-bond acceptors (Lipinski definition) is 4. The van der Waals surface area contributed by atoms with Gasteiger partial charge in [-0.15, -0.1) is 0 Å². The van der Waals surface area contributed by atoms with Crippen molar-refractivity contribution in [3.05, 3.63) is 0 Å². The summed E-state index contributed by atoms with van der Waals surface area (Å²) >= 11 is 0. The van der Waals surface area contributed by atoms with Gasteiger partial charge in [-0.1, -0.05) is 6.92 Å². The number of hydrogen-bond donors (Lipinski definition) is 2. The summed E-state index contributed by atoms with van der Waals surface area (Å²) in [5.74, 6) is 0.740. The number of ether oxygens (including phenoxy) is 1. The smallest absolute Gasteiger partial charge is 0.0611 e. The Morgan fingerprint density at radius 1 is 1.37 bits per heavy atom. The van der Waals surface area contributed by atoms with Crippen LogP contribution < -0.4 is 5.32 Å². The Labute approximate surface area is 118 Å². The highest BCUT2D eigenvalue weighted by molar-refractivity contribution is 4.84. The summed E-state index contributed by atoms with van der Waals surface area (Å²) in [5.41, 5.74) is -0.126. The molecule has 1 atom stereocenters. The average Bonchev–Trinajstić information content (AvgIpc) is 2.45. The third-order valence-corrected chi connectivity index (χ3v) is 4.24. The first-order valence-electron chi connectivity index (χ1n) is 7.70. The summed E-state index contributed by atoms with van der Waals surface area (Å²) in [4.78, 5) is 2.52. The number of piperidine rings is 1. The molecule has 114 valence electrons. The van der Waals surface area contributed by atoms with Crippen molar-refractivity contribution < 1.29 is 9.84 Å². The van der Waals surface area contributed by atoms with Crippen molar-refractivity contribution in [2.24, 2.45) is 5.92 Å². The molecule has 0 radical (unpaired) electrons. The van der Waals surface area contributed by atoms with Gasteiger partial charge in [0.15, 0.2) is 0 Å². The van der Waals surface area contributed by atoms with Gasteiger partial charge < -0.3 is 20.1 Å². The third kappa shape index (κ3) is 6.21. The minimum atomic E-state index is -0.126. The Morgan fingerprint density at radius 3 is 2.58 bits per heavy atom. The quantitative estimate of drug-likeness (QED) is 0.667. The van der Waals surface area contributed by atoms with Crippen LogP contribution in [-0.2, 0) is 4.74 Å². The molecule has 19 heavy (non-hydrogen) atoms. The average molecular weight is 272 g/mol. The van der Waals surface area contributed by atoms with Gasteiger partial charge in [0, 0.05) is 19.3 Å². The van der Waals surface area contributed by atoms with Gasteiger partial charge in [0.2, 0.25) is 0 Å². The monoisotopic (exact) mass is 272 g/mol. The lowest BCUT2D eigenvalue weighted by atomic mass is 9.95. The summed E-state index contributed by atoms with van der Waals surface area (Å²) in [7, 11) is 1.79. The van der Waals surface area contributed by atoms with E-state index in [-0.39, 0.29) is 12.1 Å². The molecular formula is C15H32N2O2. The normalized spacial score (nSPS) is 21.5. The number of rotatable bonds is 9. The van der Waals surface area contributed by atoms with Crippen LogP contribution in [0.4, 0.5) is 0 Å². The van der Waals surface area contributed by atoms with Crippen molar-refractivity contribution in [2.45, 2.75) is 45.1 Å². The van der Waals surface area contributed by atoms with Crippen LogP contribution in [-0.4, -0.2) is 62.0 Å². The van der Waals surface area contributed by atoms with E-state index in [1.807, 2.05) is 0 Å². The SMILES string of the molecule is CCCNC(C)(CO)CCN1CCC(COC)CC1. The molecule has 0 aromatic heterocycles. The molecule has 0 saturated carbocycles. The van der Waals surface area contributed by atoms with Crippen LogP contribution in [0.5, 0.6) is 0 Å². The zero-order valence-electron chi connectivity index (χ0n) is 13.0. The minimum absolute atomic E-state index is 0.126. The van der Waals surface area contributed by atoms with Gasteiger partial charge >= 0.3 is 0 Å². The van der Waals surface area contributed by atoms with Gasteiger partial charge in [-0.2, -0.15) is 0 Å². The van der Waals surface area contributed by atoms with E-state index in [4.69, 9.17) is 4.74 Å². The van der Waals surface area contributed by atoms with Crippen molar-refractivity contribution >= 4 is 0 Å². The molecule has 1 aliphatic rings. The first-order chi connectivity index (χ1) is 9.13. The van der Waals surface area contributed by atoms with Gasteiger partial charge in [-0.05, 0) is 64.7 Å². The van der Waals surface area contributed by atoms with Crippen LogP contribution in [0.15, 0.2) is 0 Å². The first kappa shape index (κ1) is 16.9. The standard InChI is InChI=1S/C15H32N2O2/c1-4-8-16-15(2,13-18)7-11-17-9-5-14(6-10-17)12-19-3/h14,16,18H,4-13H2,1-3H3. The van der Waals surface area contributed by atoms with E-state index >= 15 is 0 Å². The van der Waals surface area contributed by atoms with E-state index in [2.05, 4.69) is 24.1 Å². The van der Waals surface area contributed by atoms with Gasteiger partial charge in [0.05, 0.1) is 6.61 Å². The van der Waals surface area contributed by atoms with Gasteiger partial charge in [-0.25, -0.2) is 0 Å². The van der Waals surface area contributed by atoms with Crippen molar-refractivity contribution in [1.29, 1.82) is 0 Å². The lowest BCUT2D eigenvalue weighted by Crippen LogP contribution is -2.49. The Kier molecular flexibility index (Phi) is 7.91. The van der Waals surface area contributed by atoms with Gasteiger partial charge in [0.25, 0.3) is 0 Å². The number of methoxy groups -OCH3 is 1. The number of aliphatic hydroxyl groups excluding tert-OH is 1. The highest BCUT2D eigenvalue weighted by atomic mass is 16.5. The van der Waals surface area contributed by atoms with E-state index in [9.17, 15) is 5.11 Å². The van der Waals surface area contributed by atoms with E-state index in [1.54, 1.807) is 7.11 Å². The van der Waals surface area contributed by atoms with Crippen molar-refractivity contribution in [3.63, 3.8) is 0 Å². The Bertz CT molecular complexity index is 230. The molecule has 0 aliphatic carbocycles. The molecule has 0 amide bonds. The summed E-state index contributed by atoms with van der Waals surface area (Å²) in [6, 6.07) is 0. The van der Waals surface area contributed by atoms with Crippen molar-refractivity contribution in [1.82, 2.24) is 10.2 Å². The van der Waals surface area contributed by atoms with Crippen LogP contribution in [0, 0.1) is 5.92 Å². The fraction of sp³-hybridized carbons (Fsp3) is 1.00. The second-order valence-electron chi connectivity index (χ2n) is 6.14. The Hall–Kier alpha value is -0.160. The number of likely N-dealkylation sites (tertiary alicyclic amines) is 1. The van der Waals surface area contributed by atoms with Gasteiger partial charge in [0.1, 0.15) is 0 Å². The molecule has 1 unspecified atom stereocenters. The Morgan fingerprint density at radius 2 is 2.05 bits per heavy atom. The van der Waals surface area contributed by atoms with Gasteiger partial charge in [-0.3, -0.25) is 0 Å². The van der Waals surface area contributed by atoms with Crippen LogP contribution in [0.3, 0.4) is 0 Å². The molecule has 2 N–H and O–H groups in total. The van der Waals surface area contributed by atoms with Crippen molar-refractivity contribution in [3.8, 4) is 0 Å².